The number of carbonyl (C=O) groups excluding carboxylic acids is 2. The first-order chi connectivity index (χ1) is 16.4. The summed E-state index contributed by atoms with van der Waals surface area (Å²) in [5.74, 6) is -0.863. The van der Waals surface area contributed by atoms with Crippen molar-refractivity contribution >= 4 is 40.7 Å². The van der Waals surface area contributed by atoms with Gasteiger partial charge >= 0.3 is 0 Å². The first kappa shape index (κ1) is 22.3. The Labute approximate surface area is 205 Å². The second-order valence-electron chi connectivity index (χ2n) is 7.82. The van der Waals surface area contributed by atoms with E-state index in [4.69, 9.17) is 32.7 Å². The van der Waals surface area contributed by atoms with Crippen molar-refractivity contribution < 1.29 is 24.2 Å². The van der Waals surface area contributed by atoms with Crippen molar-refractivity contribution in [2.75, 3.05) is 13.2 Å². The zero-order valence-corrected chi connectivity index (χ0v) is 19.2. The van der Waals surface area contributed by atoms with Gasteiger partial charge in [0.25, 0.3) is 11.7 Å². The van der Waals surface area contributed by atoms with Gasteiger partial charge in [0.2, 0.25) is 0 Å². The fraction of sp³-hybridized carbons (Fsp3) is 0.160. The lowest BCUT2D eigenvalue weighted by atomic mass is 9.95. The third-order valence-corrected chi connectivity index (χ3v) is 6.43. The number of rotatable bonds is 4. The summed E-state index contributed by atoms with van der Waals surface area (Å²) < 4.78 is 11.1. The molecule has 2 aliphatic rings. The van der Waals surface area contributed by atoms with Crippen LogP contribution in [0.2, 0.25) is 10.0 Å². The number of amides is 1. The zero-order chi connectivity index (χ0) is 23.8. The number of nitrogens with zero attached hydrogens (tertiary/aromatic N) is 2. The van der Waals surface area contributed by atoms with Crippen LogP contribution in [-0.2, 0) is 16.1 Å². The minimum absolute atomic E-state index is 0.0519. The number of Topliss-reactive ketones (excluding diaryl/α,β-unsaturated/α-hetero) is 1. The molecule has 1 amide bonds. The number of fused-ring (bicyclic) bond motifs is 1. The summed E-state index contributed by atoms with van der Waals surface area (Å²) in [6.45, 7) is 0.909. The fourth-order valence-corrected chi connectivity index (χ4v) is 4.41. The lowest BCUT2D eigenvalue weighted by Crippen LogP contribution is -2.29. The van der Waals surface area contributed by atoms with Gasteiger partial charge in [-0.15, -0.1) is 0 Å². The lowest BCUT2D eigenvalue weighted by Gasteiger charge is -2.26. The Balaban J connectivity index is 1.65. The molecule has 1 aromatic heterocycles. The Morgan fingerprint density at radius 2 is 1.82 bits per heavy atom. The molecule has 2 aliphatic heterocycles. The maximum absolute atomic E-state index is 13.2. The molecule has 5 rings (SSSR count). The molecule has 34 heavy (non-hydrogen) atoms. The van der Waals surface area contributed by atoms with Crippen LogP contribution in [0.3, 0.4) is 0 Å². The summed E-state index contributed by atoms with van der Waals surface area (Å²) in [4.78, 5) is 31.8. The molecule has 3 heterocycles. The third-order valence-electron chi connectivity index (χ3n) is 5.69. The second-order valence-corrected chi connectivity index (χ2v) is 8.63. The number of aromatic nitrogens is 1. The monoisotopic (exact) mass is 496 g/mol. The molecule has 172 valence electrons. The average Bonchev–Trinajstić information content (AvgIpc) is 3.10. The number of ketones is 1. The van der Waals surface area contributed by atoms with Crippen molar-refractivity contribution in [2.24, 2.45) is 0 Å². The lowest BCUT2D eigenvalue weighted by molar-refractivity contribution is -0.140. The molecule has 2 aromatic carbocycles. The highest BCUT2D eigenvalue weighted by Crippen LogP contribution is 2.42. The first-order valence-corrected chi connectivity index (χ1v) is 11.2. The van der Waals surface area contributed by atoms with Gasteiger partial charge in [0.15, 0.2) is 11.5 Å². The third kappa shape index (κ3) is 3.97. The van der Waals surface area contributed by atoms with Crippen LogP contribution in [0.5, 0.6) is 11.5 Å². The molecule has 1 N–H and O–H groups in total. The molecule has 1 atom stereocenters. The molecule has 0 radical (unpaired) electrons. The van der Waals surface area contributed by atoms with E-state index in [1.807, 2.05) is 0 Å². The smallest absolute Gasteiger partial charge is 0.295 e. The number of carbonyl (C=O) groups is 2. The standard InChI is InChI=1S/C25H18Cl2N2O5/c26-17-5-3-15(10-18(17)27)22-21(23(30)16-4-6-19-20(11-16)34-9-8-33-19)24(31)25(32)29(22)13-14-2-1-7-28-12-14/h1-7,10-12,22,30H,8-9,13H2. The van der Waals surface area contributed by atoms with Gasteiger partial charge in [-0.05, 0) is 47.5 Å². The van der Waals surface area contributed by atoms with E-state index >= 15 is 0 Å². The average molecular weight is 497 g/mol. The molecule has 1 saturated heterocycles. The number of hydrogen-bond acceptors (Lipinski definition) is 6. The number of halogens is 2. The highest BCUT2D eigenvalue weighted by atomic mass is 35.5. The predicted octanol–water partition coefficient (Wildman–Crippen LogP) is 4.78. The van der Waals surface area contributed by atoms with Gasteiger partial charge in [0, 0.05) is 24.5 Å². The summed E-state index contributed by atoms with van der Waals surface area (Å²) in [7, 11) is 0. The van der Waals surface area contributed by atoms with Crippen molar-refractivity contribution in [3.63, 3.8) is 0 Å². The molecule has 0 spiro atoms. The highest BCUT2D eigenvalue weighted by molar-refractivity contribution is 6.46. The topological polar surface area (TPSA) is 89.0 Å². The van der Waals surface area contributed by atoms with Crippen LogP contribution in [0.25, 0.3) is 5.76 Å². The molecule has 0 saturated carbocycles. The number of aliphatic hydroxyl groups is 1. The molecule has 9 heteroatoms. The normalized spacial score (nSPS) is 18.9. The van der Waals surface area contributed by atoms with Gasteiger partial charge in [-0.3, -0.25) is 14.6 Å². The van der Waals surface area contributed by atoms with E-state index in [1.165, 1.54) is 4.90 Å². The van der Waals surface area contributed by atoms with Gasteiger partial charge < -0.3 is 19.5 Å². The summed E-state index contributed by atoms with van der Waals surface area (Å²) in [6.07, 6.45) is 3.24. The minimum atomic E-state index is -0.886. The second kappa shape index (κ2) is 9.00. The van der Waals surface area contributed by atoms with E-state index in [0.717, 1.165) is 5.56 Å². The van der Waals surface area contributed by atoms with Crippen molar-refractivity contribution in [2.45, 2.75) is 12.6 Å². The first-order valence-electron chi connectivity index (χ1n) is 10.5. The largest absolute Gasteiger partial charge is 0.507 e. The number of aliphatic hydroxyl groups excluding tert-OH is 1. The fourth-order valence-electron chi connectivity index (χ4n) is 4.11. The molecular formula is C25H18Cl2N2O5. The summed E-state index contributed by atoms with van der Waals surface area (Å²) in [5, 5.41) is 11.9. The van der Waals surface area contributed by atoms with Crippen LogP contribution in [0, 0.1) is 0 Å². The van der Waals surface area contributed by atoms with Crippen LogP contribution < -0.4 is 9.47 Å². The molecule has 0 aliphatic carbocycles. The minimum Gasteiger partial charge on any atom is -0.507 e. The van der Waals surface area contributed by atoms with Crippen molar-refractivity contribution in [3.05, 3.63) is 93.2 Å². The maximum atomic E-state index is 13.2. The molecule has 7 nitrogen and oxygen atoms in total. The summed E-state index contributed by atoms with van der Waals surface area (Å²) in [6, 6.07) is 12.4. The number of benzene rings is 2. The van der Waals surface area contributed by atoms with Crippen molar-refractivity contribution in [1.82, 2.24) is 9.88 Å². The van der Waals surface area contributed by atoms with Crippen LogP contribution in [0.15, 0.2) is 66.5 Å². The number of ether oxygens (including phenoxy) is 2. The van der Waals surface area contributed by atoms with Crippen LogP contribution in [-0.4, -0.2) is 39.9 Å². The van der Waals surface area contributed by atoms with Crippen LogP contribution >= 0.6 is 23.2 Å². The molecular weight excluding hydrogens is 479 g/mol. The summed E-state index contributed by atoms with van der Waals surface area (Å²) >= 11 is 12.4. The predicted molar refractivity (Wildman–Crippen MR) is 126 cm³/mol. The van der Waals surface area contributed by atoms with Crippen molar-refractivity contribution in [3.8, 4) is 11.5 Å². The Morgan fingerprint density at radius 3 is 2.56 bits per heavy atom. The zero-order valence-electron chi connectivity index (χ0n) is 17.7. The van der Waals surface area contributed by atoms with E-state index in [2.05, 4.69) is 4.98 Å². The number of likely N-dealkylation sites (tertiary alicyclic amines) is 1. The molecule has 1 fully saturated rings. The highest BCUT2D eigenvalue weighted by Gasteiger charge is 2.46. The Kier molecular flexibility index (Phi) is 5.89. The SMILES string of the molecule is O=C1C(=O)N(Cc2cccnc2)C(c2ccc(Cl)c(Cl)c2)C1=C(O)c1ccc2c(c1)OCCO2. The molecule has 0 bridgehead atoms. The van der Waals surface area contributed by atoms with E-state index in [0.29, 0.717) is 40.9 Å². The van der Waals surface area contributed by atoms with E-state index in [-0.39, 0.29) is 22.9 Å². The van der Waals surface area contributed by atoms with E-state index < -0.39 is 17.7 Å². The van der Waals surface area contributed by atoms with Gasteiger partial charge in [-0.25, -0.2) is 0 Å². The van der Waals surface area contributed by atoms with Crippen LogP contribution in [0.4, 0.5) is 0 Å². The quantitative estimate of drug-likeness (QED) is 0.317. The maximum Gasteiger partial charge on any atom is 0.295 e. The number of pyridine rings is 1. The summed E-state index contributed by atoms with van der Waals surface area (Å²) in [5.41, 5.74) is 1.54. The molecule has 1 unspecified atom stereocenters. The van der Waals surface area contributed by atoms with Gasteiger partial charge in [0.05, 0.1) is 21.7 Å². The van der Waals surface area contributed by atoms with Crippen molar-refractivity contribution in [1.29, 1.82) is 0 Å². The Hall–Kier alpha value is -3.55. The molecule has 3 aromatic rings. The van der Waals surface area contributed by atoms with Gasteiger partial charge in [0.1, 0.15) is 19.0 Å². The van der Waals surface area contributed by atoms with E-state index in [1.54, 1.807) is 60.9 Å². The Morgan fingerprint density at radius 1 is 1.03 bits per heavy atom. The van der Waals surface area contributed by atoms with Gasteiger partial charge in [-0.2, -0.15) is 0 Å². The Bertz CT molecular complexity index is 1330. The van der Waals surface area contributed by atoms with E-state index in [9.17, 15) is 14.7 Å². The number of hydrogen-bond donors (Lipinski definition) is 1. The van der Waals surface area contributed by atoms with Gasteiger partial charge in [-0.1, -0.05) is 35.3 Å². The van der Waals surface area contributed by atoms with Crippen LogP contribution in [0.1, 0.15) is 22.7 Å².